The standard InChI is InChI=1S/C17H26INO2S/c1-17(2,3)19-10-6-5-7-13-11-14(8-9-18)16(12-15(13)19)22(4,20)21/h11-12H,5-10H2,1-4H3. The van der Waals surface area contributed by atoms with Crippen LogP contribution >= 0.6 is 22.6 Å². The highest BCUT2D eigenvalue weighted by atomic mass is 127. The molecular formula is C17H26INO2S. The molecule has 3 nitrogen and oxygen atoms in total. The summed E-state index contributed by atoms with van der Waals surface area (Å²) in [5.41, 5.74) is 3.40. The number of aryl methyl sites for hydroxylation is 2. The van der Waals surface area contributed by atoms with Gasteiger partial charge in [-0.3, -0.25) is 0 Å². The van der Waals surface area contributed by atoms with Gasteiger partial charge in [-0.25, -0.2) is 8.42 Å². The largest absolute Gasteiger partial charge is 0.366 e. The Morgan fingerprint density at radius 1 is 1.23 bits per heavy atom. The fourth-order valence-electron chi connectivity index (χ4n) is 3.16. The van der Waals surface area contributed by atoms with E-state index >= 15 is 0 Å². The molecule has 124 valence electrons. The van der Waals surface area contributed by atoms with E-state index in [1.54, 1.807) is 0 Å². The summed E-state index contributed by atoms with van der Waals surface area (Å²) in [4.78, 5) is 2.89. The van der Waals surface area contributed by atoms with E-state index in [0.717, 1.165) is 41.5 Å². The van der Waals surface area contributed by atoms with E-state index in [-0.39, 0.29) is 5.54 Å². The Kier molecular flexibility index (Phi) is 5.47. The first-order valence-corrected chi connectivity index (χ1v) is 11.3. The maximum absolute atomic E-state index is 12.2. The summed E-state index contributed by atoms with van der Waals surface area (Å²) < 4.78 is 25.4. The van der Waals surface area contributed by atoms with Crippen LogP contribution in [0.2, 0.25) is 0 Å². The normalized spacial score (nSPS) is 16.3. The summed E-state index contributed by atoms with van der Waals surface area (Å²) in [6, 6.07) is 4.08. The van der Waals surface area contributed by atoms with Crippen molar-refractivity contribution in [3.63, 3.8) is 0 Å². The zero-order valence-electron chi connectivity index (χ0n) is 13.9. The maximum atomic E-state index is 12.2. The lowest BCUT2D eigenvalue weighted by Crippen LogP contribution is -2.42. The number of anilines is 1. The molecule has 1 aliphatic rings. The first-order chi connectivity index (χ1) is 10.1. The predicted molar refractivity (Wildman–Crippen MR) is 102 cm³/mol. The van der Waals surface area contributed by atoms with Gasteiger partial charge in [0.25, 0.3) is 0 Å². The van der Waals surface area contributed by atoms with Crippen LogP contribution in [-0.4, -0.2) is 31.2 Å². The van der Waals surface area contributed by atoms with Crippen LogP contribution in [0.3, 0.4) is 0 Å². The van der Waals surface area contributed by atoms with Crippen molar-refractivity contribution in [1.29, 1.82) is 0 Å². The molecule has 0 N–H and O–H groups in total. The number of alkyl halides is 1. The third-order valence-corrected chi connectivity index (χ3v) is 5.92. The Balaban J connectivity index is 2.66. The highest BCUT2D eigenvalue weighted by Crippen LogP contribution is 2.35. The third kappa shape index (κ3) is 3.96. The van der Waals surface area contributed by atoms with Crippen molar-refractivity contribution in [2.75, 3.05) is 22.1 Å². The molecule has 0 saturated carbocycles. The van der Waals surface area contributed by atoms with Crippen LogP contribution in [0.1, 0.15) is 44.7 Å². The average Bonchev–Trinajstić information content (AvgIpc) is 2.58. The number of halogens is 1. The fourth-order valence-corrected chi connectivity index (χ4v) is 4.71. The van der Waals surface area contributed by atoms with Crippen LogP contribution in [-0.2, 0) is 22.7 Å². The molecule has 0 unspecified atom stereocenters. The van der Waals surface area contributed by atoms with Gasteiger partial charge in [-0.1, -0.05) is 28.7 Å². The molecule has 0 amide bonds. The molecular weight excluding hydrogens is 409 g/mol. The van der Waals surface area contributed by atoms with Gasteiger partial charge in [0.15, 0.2) is 9.84 Å². The zero-order chi connectivity index (χ0) is 16.5. The molecule has 2 rings (SSSR count). The number of nitrogens with zero attached hydrogens (tertiary/aromatic N) is 1. The fraction of sp³-hybridized carbons (Fsp3) is 0.647. The zero-order valence-corrected chi connectivity index (χ0v) is 16.9. The van der Waals surface area contributed by atoms with Crippen molar-refractivity contribution in [1.82, 2.24) is 0 Å². The molecule has 1 aromatic carbocycles. The number of fused-ring (bicyclic) bond motifs is 1. The van der Waals surface area contributed by atoms with Gasteiger partial charge in [0.05, 0.1) is 4.90 Å². The Labute approximate surface area is 148 Å². The molecule has 0 aromatic heterocycles. The average molecular weight is 435 g/mol. The van der Waals surface area contributed by atoms with Crippen LogP contribution in [0, 0.1) is 0 Å². The van der Waals surface area contributed by atoms with Crippen LogP contribution in [0.4, 0.5) is 5.69 Å². The number of benzene rings is 1. The molecule has 0 saturated heterocycles. The molecule has 1 aliphatic heterocycles. The van der Waals surface area contributed by atoms with E-state index in [1.165, 1.54) is 18.2 Å². The van der Waals surface area contributed by atoms with Crippen molar-refractivity contribution in [2.24, 2.45) is 0 Å². The Morgan fingerprint density at radius 2 is 1.91 bits per heavy atom. The minimum absolute atomic E-state index is 0.00135. The van der Waals surface area contributed by atoms with E-state index in [1.807, 2.05) is 6.07 Å². The van der Waals surface area contributed by atoms with Crippen molar-refractivity contribution < 1.29 is 8.42 Å². The third-order valence-electron chi connectivity index (χ3n) is 4.20. The first kappa shape index (κ1) is 18.0. The summed E-state index contributed by atoms with van der Waals surface area (Å²) in [7, 11) is -3.20. The van der Waals surface area contributed by atoms with Gasteiger partial charge < -0.3 is 4.90 Å². The van der Waals surface area contributed by atoms with Crippen molar-refractivity contribution >= 4 is 38.1 Å². The van der Waals surface area contributed by atoms with Crippen molar-refractivity contribution in [3.05, 3.63) is 23.3 Å². The van der Waals surface area contributed by atoms with Gasteiger partial charge >= 0.3 is 0 Å². The van der Waals surface area contributed by atoms with Crippen molar-refractivity contribution in [3.8, 4) is 0 Å². The van der Waals surface area contributed by atoms with E-state index in [2.05, 4.69) is 54.3 Å². The lowest BCUT2D eigenvalue weighted by atomic mass is 10.00. The lowest BCUT2D eigenvalue weighted by molar-refractivity contribution is 0.498. The molecule has 1 heterocycles. The molecule has 0 fully saturated rings. The highest BCUT2D eigenvalue weighted by Gasteiger charge is 2.27. The van der Waals surface area contributed by atoms with Gasteiger partial charge in [-0.15, -0.1) is 0 Å². The Hall–Kier alpha value is -0.300. The number of hydrogen-bond acceptors (Lipinski definition) is 3. The second-order valence-electron chi connectivity index (χ2n) is 7.08. The topological polar surface area (TPSA) is 37.4 Å². The minimum Gasteiger partial charge on any atom is -0.366 e. The highest BCUT2D eigenvalue weighted by molar-refractivity contribution is 14.1. The summed E-state index contributed by atoms with van der Waals surface area (Å²) in [6.07, 6.45) is 5.50. The molecule has 0 radical (unpaired) electrons. The number of hydrogen-bond donors (Lipinski definition) is 0. The van der Waals surface area contributed by atoms with E-state index < -0.39 is 9.84 Å². The van der Waals surface area contributed by atoms with Crippen LogP contribution < -0.4 is 4.90 Å². The molecule has 0 atom stereocenters. The Bertz CT molecular complexity index is 647. The van der Waals surface area contributed by atoms with Gasteiger partial charge in [0.2, 0.25) is 0 Å². The number of rotatable bonds is 3. The van der Waals surface area contributed by atoms with Crippen LogP contribution in [0.25, 0.3) is 0 Å². The molecule has 0 aliphatic carbocycles. The monoisotopic (exact) mass is 435 g/mol. The minimum atomic E-state index is -3.20. The summed E-state index contributed by atoms with van der Waals surface area (Å²) in [5, 5.41) is 0. The van der Waals surface area contributed by atoms with Gasteiger partial charge in [-0.2, -0.15) is 0 Å². The second kappa shape index (κ2) is 6.67. The van der Waals surface area contributed by atoms with Crippen molar-refractivity contribution in [2.45, 2.75) is 56.9 Å². The van der Waals surface area contributed by atoms with Gasteiger partial charge in [0.1, 0.15) is 0 Å². The smallest absolute Gasteiger partial charge is 0.175 e. The molecule has 1 aromatic rings. The van der Waals surface area contributed by atoms with Crippen LogP contribution in [0.15, 0.2) is 17.0 Å². The SMILES string of the molecule is CC(C)(C)N1CCCCc2cc(CCI)c(S(C)(=O)=O)cc21. The summed E-state index contributed by atoms with van der Waals surface area (Å²) in [5.74, 6) is 0. The van der Waals surface area contributed by atoms with Crippen LogP contribution in [0.5, 0.6) is 0 Å². The van der Waals surface area contributed by atoms with E-state index in [0.29, 0.717) is 4.90 Å². The number of sulfone groups is 1. The summed E-state index contributed by atoms with van der Waals surface area (Å²) in [6.45, 7) is 7.58. The Morgan fingerprint density at radius 3 is 2.45 bits per heavy atom. The first-order valence-electron chi connectivity index (χ1n) is 7.84. The van der Waals surface area contributed by atoms with Gasteiger partial charge in [0, 0.05) is 28.5 Å². The quantitative estimate of drug-likeness (QED) is 0.532. The summed E-state index contributed by atoms with van der Waals surface area (Å²) >= 11 is 2.31. The lowest BCUT2D eigenvalue weighted by Gasteiger charge is -2.38. The van der Waals surface area contributed by atoms with E-state index in [9.17, 15) is 8.42 Å². The molecule has 22 heavy (non-hydrogen) atoms. The predicted octanol–water partition coefficient (Wildman–Crippen LogP) is 4.01. The molecule has 0 bridgehead atoms. The molecule has 5 heteroatoms. The molecule has 0 spiro atoms. The maximum Gasteiger partial charge on any atom is 0.175 e. The van der Waals surface area contributed by atoms with Gasteiger partial charge in [-0.05, 0) is 63.6 Å². The second-order valence-corrected chi connectivity index (χ2v) is 10.1. The van der Waals surface area contributed by atoms with E-state index in [4.69, 9.17) is 0 Å².